The Morgan fingerprint density at radius 1 is 1.12 bits per heavy atom. The molecule has 0 aliphatic carbocycles. The molecule has 26 heavy (non-hydrogen) atoms. The molecule has 136 valence electrons. The van der Waals surface area contributed by atoms with Crippen LogP contribution in [0.1, 0.15) is 31.9 Å². The zero-order chi connectivity index (χ0) is 18.8. The molecule has 0 bridgehead atoms. The van der Waals surface area contributed by atoms with Gasteiger partial charge in [-0.05, 0) is 29.5 Å². The first-order chi connectivity index (χ1) is 12.4. The van der Waals surface area contributed by atoms with E-state index in [4.69, 9.17) is 0 Å². The van der Waals surface area contributed by atoms with Crippen LogP contribution in [0.4, 0.5) is 5.69 Å². The predicted octanol–water partition coefficient (Wildman–Crippen LogP) is 2.89. The summed E-state index contributed by atoms with van der Waals surface area (Å²) in [6.45, 7) is 3.88. The number of carbonyl (C=O) groups excluding carboxylic acids is 2. The molecule has 5 heteroatoms. The van der Waals surface area contributed by atoms with Crippen LogP contribution in [0.2, 0.25) is 0 Å². The summed E-state index contributed by atoms with van der Waals surface area (Å²) in [5, 5.41) is 12.9. The first-order valence-corrected chi connectivity index (χ1v) is 8.84. The second-order valence-electron chi connectivity index (χ2n) is 7.09. The lowest BCUT2D eigenvalue weighted by atomic mass is 9.95. The predicted molar refractivity (Wildman–Crippen MR) is 102 cm³/mol. The van der Waals surface area contributed by atoms with Gasteiger partial charge in [0.25, 0.3) is 5.91 Å². The summed E-state index contributed by atoms with van der Waals surface area (Å²) < 4.78 is 0. The Morgan fingerprint density at radius 2 is 1.73 bits per heavy atom. The second kappa shape index (κ2) is 7.30. The Morgan fingerprint density at radius 3 is 2.42 bits per heavy atom. The molecule has 2 aromatic rings. The van der Waals surface area contributed by atoms with E-state index < -0.39 is 18.1 Å². The van der Waals surface area contributed by atoms with Gasteiger partial charge in [0.1, 0.15) is 12.1 Å². The largest absolute Gasteiger partial charge is 0.383 e. The maximum atomic E-state index is 13.1. The molecule has 2 unspecified atom stereocenters. The second-order valence-corrected chi connectivity index (χ2v) is 7.09. The number of fused-ring (bicyclic) bond motifs is 3. The lowest BCUT2D eigenvalue weighted by molar-refractivity contribution is -0.133. The van der Waals surface area contributed by atoms with Crippen LogP contribution < -0.4 is 10.2 Å². The number of nitrogens with one attached hydrogen (secondary N) is 1. The van der Waals surface area contributed by atoms with Crippen LogP contribution in [-0.2, 0) is 9.59 Å². The number of para-hydroxylation sites is 1. The summed E-state index contributed by atoms with van der Waals surface area (Å²) in [5.41, 5.74) is 3.38. The van der Waals surface area contributed by atoms with E-state index in [1.165, 1.54) is 0 Å². The lowest BCUT2D eigenvalue weighted by Gasteiger charge is -2.24. The molecule has 0 aromatic heterocycles. The van der Waals surface area contributed by atoms with Crippen LogP contribution in [0, 0.1) is 5.92 Å². The standard InChI is InChI=1S/C21H24N2O3/c1-13(2)12-18(24)20(25)22-19-16-10-5-4-8-14(16)15-9-6-7-11-17(15)23(3)21(19)26/h4-11,13,18-19,24H,12H2,1-3H3,(H,22,25). The van der Waals surface area contributed by atoms with Gasteiger partial charge in [-0.3, -0.25) is 9.59 Å². The van der Waals surface area contributed by atoms with Crippen molar-refractivity contribution in [3.8, 4) is 11.1 Å². The minimum atomic E-state index is -1.13. The SMILES string of the molecule is CC(C)CC(O)C(=O)NC1C(=O)N(C)c2ccccc2-c2ccccc21. The van der Waals surface area contributed by atoms with E-state index in [1.54, 1.807) is 11.9 Å². The Bertz CT molecular complexity index is 832. The number of aliphatic hydroxyl groups excluding tert-OH is 1. The molecule has 1 aliphatic heterocycles. The summed E-state index contributed by atoms with van der Waals surface area (Å²) in [4.78, 5) is 27.1. The number of hydrogen-bond acceptors (Lipinski definition) is 3. The smallest absolute Gasteiger partial charge is 0.253 e. The zero-order valence-electron chi connectivity index (χ0n) is 15.3. The van der Waals surface area contributed by atoms with Crippen molar-refractivity contribution in [3.63, 3.8) is 0 Å². The van der Waals surface area contributed by atoms with Crippen LogP contribution in [0.3, 0.4) is 0 Å². The molecule has 0 saturated carbocycles. The molecule has 2 N–H and O–H groups in total. The molecule has 3 rings (SSSR count). The van der Waals surface area contributed by atoms with E-state index in [0.717, 1.165) is 22.4 Å². The number of amides is 2. The molecule has 2 aromatic carbocycles. The van der Waals surface area contributed by atoms with Crippen molar-refractivity contribution in [2.45, 2.75) is 32.4 Å². The lowest BCUT2D eigenvalue weighted by Crippen LogP contribution is -2.44. The normalized spacial score (nSPS) is 17.3. The Balaban J connectivity index is 2.02. The maximum Gasteiger partial charge on any atom is 0.253 e. The number of benzene rings is 2. The maximum absolute atomic E-state index is 13.1. The summed E-state index contributed by atoms with van der Waals surface area (Å²) in [6.07, 6.45) is -0.782. The summed E-state index contributed by atoms with van der Waals surface area (Å²) >= 11 is 0. The third kappa shape index (κ3) is 3.35. The molecular weight excluding hydrogens is 328 g/mol. The third-order valence-corrected chi connectivity index (χ3v) is 4.69. The third-order valence-electron chi connectivity index (χ3n) is 4.69. The van der Waals surface area contributed by atoms with Gasteiger partial charge in [0.05, 0.1) is 5.69 Å². The van der Waals surface area contributed by atoms with Gasteiger partial charge >= 0.3 is 0 Å². The van der Waals surface area contributed by atoms with Gasteiger partial charge in [0.15, 0.2) is 0 Å². The highest BCUT2D eigenvalue weighted by Gasteiger charge is 2.34. The number of aliphatic hydroxyl groups is 1. The molecule has 0 fully saturated rings. The molecule has 5 nitrogen and oxygen atoms in total. The first-order valence-electron chi connectivity index (χ1n) is 8.84. The molecule has 0 radical (unpaired) electrons. The monoisotopic (exact) mass is 352 g/mol. The van der Waals surface area contributed by atoms with Crippen molar-refractivity contribution in [2.24, 2.45) is 5.92 Å². The fourth-order valence-electron chi connectivity index (χ4n) is 3.36. The van der Waals surface area contributed by atoms with E-state index in [9.17, 15) is 14.7 Å². The average Bonchev–Trinajstić information content (AvgIpc) is 2.71. The van der Waals surface area contributed by atoms with Gasteiger partial charge < -0.3 is 15.3 Å². The average molecular weight is 352 g/mol. The number of likely N-dealkylation sites (N-methyl/N-ethyl adjacent to an activating group) is 1. The van der Waals surface area contributed by atoms with E-state index in [2.05, 4.69) is 5.32 Å². The first kappa shape index (κ1) is 18.1. The van der Waals surface area contributed by atoms with Crippen LogP contribution in [0.25, 0.3) is 11.1 Å². The summed E-state index contributed by atoms with van der Waals surface area (Å²) in [7, 11) is 1.71. The molecule has 0 spiro atoms. The molecule has 1 heterocycles. The highest BCUT2D eigenvalue weighted by molar-refractivity contribution is 6.06. The Hall–Kier alpha value is -2.66. The molecule has 1 aliphatic rings. The molecular formula is C21H24N2O3. The molecule has 2 amide bonds. The summed E-state index contributed by atoms with van der Waals surface area (Å²) in [6, 6.07) is 14.4. The fourth-order valence-corrected chi connectivity index (χ4v) is 3.36. The van der Waals surface area contributed by atoms with Gasteiger partial charge in [-0.1, -0.05) is 56.3 Å². The van der Waals surface area contributed by atoms with Crippen LogP contribution in [0.15, 0.2) is 48.5 Å². The van der Waals surface area contributed by atoms with Crippen molar-refractivity contribution in [1.29, 1.82) is 0 Å². The summed E-state index contributed by atoms with van der Waals surface area (Å²) in [5.74, 6) is -0.571. The number of carbonyl (C=O) groups is 2. The van der Waals surface area contributed by atoms with Gasteiger partial charge in [-0.25, -0.2) is 0 Å². The quantitative estimate of drug-likeness (QED) is 0.889. The number of nitrogens with zero attached hydrogens (tertiary/aromatic N) is 1. The van der Waals surface area contributed by atoms with Gasteiger partial charge in [0.2, 0.25) is 5.91 Å². The Kier molecular flexibility index (Phi) is 5.09. The van der Waals surface area contributed by atoms with Crippen LogP contribution in [-0.4, -0.2) is 30.1 Å². The van der Waals surface area contributed by atoms with E-state index in [1.807, 2.05) is 62.4 Å². The highest BCUT2D eigenvalue weighted by atomic mass is 16.3. The topological polar surface area (TPSA) is 69.6 Å². The van der Waals surface area contributed by atoms with Crippen molar-refractivity contribution >= 4 is 17.5 Å². The van der Waals surface area contributed by atoms with Crippen LogP contribution in [0.5, 0.6) is 0 Å². The van der Waals surface area contributed by atoms with E-state index >= 15 is 0 Å². The van der Waals surface area contributed by atoms with Crippen LogP contribution >= 0.6 is 0 Å². The van der Waals surface area contributed by atoms with Gasteiger partial charge in [-0.15, -0.1) is 0 Å². The number of hydrogen-bond donors (Lipinski definition) is 2. The minimum Gasteiger partial charge on any atom is -0.383 e. The van der Waals surface area contributed by atoms with Gasteiger partial charge in [0, 0.05) is 12.6 Å². The zero-order valence-corrected chi connectivity index (χ0v) is 15.3. The van der Waals surface area contributed by atoms with Crippen molar-refractivity contribution < 1.29 is 14.7 Å². The van der Waals surface area contributed by atoms with E-state index in [-0.39, 0.29) is 11.8 Å². The van der Waals surface area contributed by atoms with Crippen molar-refractivity contribution in [2.75, 3.05) is 11.9 Å². The molecule has 0 saturated heterocycles. The fraction of sp³-hybridized carbons (Fsp3) is 0.333. The van der Waals surface area contributed by atoms with Crippen molar-refractivity contribution in [3.05, 3.63) is 54.1 Å². The Labute approximate surface area is 153 Å². The molecule has 2 atom stereocenters. The highest BCUT2D eigenvalue weighted by Crippen LogP contribution is 2.39. The number of rotatable bonds is 4. The minimum absolute atomic E-state index is 0.180. The van der Waals surface area contributed by atoms with Gasteiger partial charge in [-0.2, -0.15) is 0 Å². The number of anilines is 1. The van der Waals surface area contributed by atoms with E-state index in [0.29, 0.717) is 6.42 Å². The van der Waals surface area contributed by atoms with Crippen molar-refractivity contribution in [1.82, 2.24) is 5.32 Å².